The zero-order chi connectivity index (χ0) is 38.4. The minimum atomic E-state index is 0.677. The summed E-state index contributed by atoms with van der Waals surface area (Å²) in [5.74, 6) is 0. The summed E-state index contributed by atoms with van der Waals surface area (Å²) in [5, 5.41) is 0. The van der Waals surface area contributed by atoms with Crippen LogP contribution in [0.15, 0.2) is 24.3 Å². The minimum Gasteiger partial charge on any atom is -0.378 e. The standard InChI is InChI=1S/C47H96N4O2/c1-3-5-7-9-11-13-15-17-19-21-23-25-27-29-31-33-39-51(41-35-37-49)43-45-53-47-46-52-44-42-50(40-34-36-48)38-32-30-28-26-24-22-20-18-16-14-12-10-8-6-4-2/h16-19H,3-15,20-49H2,1-2H3/b18-16+,19-17+. The summed E-state index contributed by atoms with van der Waals surface area (Å²) in [7, 11) is 0. The third-order valence-corrected chi connectivity index (χ3v) is 10.6. The first-order valence-electron chi connectivity index (χ1n) is 23.6. The molecule has 4 N–H and O–H groups in total. The molecule has 0 saturated carbocycles. The Labute approximate surface area is 333 Å². The highest BCUT2D eigenvalue weighted by Crippen LogP contribution is 2.12. The van der Waals surface area contributed by atoms with Gasteiger partial charge in [0, 0.05) is 13.1 Å². The SMILES string of the molecule is CCCCCCC/C=C/CCCCCCCCN(CCCN)CCOCCOCCN(CCCN)CCCCCCCC/C=C/CCCCCCCC. The van der Waals surface area contributed by atoms with Gasteiger partial charge in [0.1, 0.15) is 0 Å². The van der Waals surface area contributed by atoms with Crippen LogP contribution < -0.4 is 11.5 Å². The van der Waals surface area contributed by atoms with Crippen LogP contribution in [0.3, 0.4) is 0 Å². The van der Waals surface area contributed by atoms with Gasteiger partial charge >= 0.3 is 0 Å². The van der Waals surface area contributed by atoms with E-state index in [1.54, 1.807) is 0 Å². The van der Waals surface area contributed by atoms with Crippen LogP contribution in [0.4, 0.5) is 0 Å². The fourth-order valence-electron chi connectivity index (χ4n) is 7.00. The normalized spacial score (nSPS) is 12.2. The van der Waals surface area contributed by atoms with E-state index in [9.17, 15) is 0 Å². The minimum absolute atomic E-state index is 0.677. The second-order valence-corrected chi connectivity index (χ2v) is 15.7. The van der Waals surface area contributed by atoms with E-state index in [2.05, 4.69) is 48.0 Å². The maximum atomic E-state index is 5.97. The molecule has 0 fully saturated rings. The Morgan fingerprint density at radius 2 is 0.604 bits per heavy atom. The summed E-state index contributed by atoms with van der Waals surface area (Å²) in [6, 6.07) is 0. The van der Waals surface area contributed by atoms with Gasteiger partial charge in [-0.1, -0.05) is 147 Å². The van der Waals surface area contributed by atoms with Gasteiger partial charge in [-0.15, -0.1) is 0 Å². The van der Waals surface area contributed by atoms with Crippen molar-refractivity contribution in [1.82, 2.24) is 9.80 Å². The topological polar surface area (TPSA) is 77.0 Å². The molecule has 0 unspecified atom stereocenters. The number of ether oxygens (including phenoxy) is 2. The molecule has 6 heteroatoms. The van der Waals surface area contributed by atoms with Crippen LogP contribution >= 0.6 is 0 Å². The van der Waals surface area contributed by atoms with Crippen LogP contribution in [-0.4, -0.2) is 88.6 Å². The van der Waals surface area contributed by atoms with E-state index in [-0.39, 0.29) is 0 Å². The highest BCUT2D eigenvalue weighted by atomic mass is 16.5. The van der Waals surface area contributed by atoms with Gasteiger partial charge in [0.05, 0.1) is 26.4 Å². The summed E-state index contributed by atoms with van der Waals surface area (Å²) >= 11 is 0. The number of allylic oxidation sites excluding steroid dienone is 4. The lowest BCUT2D eigenvalue weighted by Crippen LogP contribution is -2.32. The molecule has 0 aromatic rings. The summed E-state index contributed by atoms with van der Waals surface area (Å²) in [4.78, 5) is 5.10. The lowest BCUT2D eigenvalue weighted by Gasteiger charge is -2.22. The van der Waals surface area contributed by atoms with E-state index in [1.165, 1.54) is 173 Å². The van der Waals surface area contributed by atoms with Gasteiger partial charge in [0.2, 0.25) is 0 Å². The number of hydrogen-bond donors (Lipinski definition) is 2. The van der Waals surface area contributed by atoms with Gasteiger partial charge in [-0.25, -0.2) is 0 Å². The van der Waals surface area contributed by atoms with E-state index in [0.717, 1.165) is 78.4 Å². The van der Waals surface area contributed by atoms with Crippen LogP contribution in [0, 0.1) is 0 Å². The van der Waals surface area contributed by atoms with Crippen molar-refractivity contribution in [2.24, 2.45) is 11.5 Å². The van der Waals surface area contributed by atoms with Crippen molar-refractivity contribution in [3.63, 3.8) is 0 Å². The molecular weight excluding hydrogens is 653 g/mol. The van der Waals surface area contributed by atoms with Crippen LogP contribution in [0.5, 0.6) is 0 Å². The summed E-state index contributed by atoms with van der Waals surface area (Å²) in [6.45, 7) is 15.5. The Hall–Kier alpha value is -0.760. The molecule has 0 aromatic heterocycles. The predicted molar refractivity (Wildman–Crippen MR) is 236 cm³/mol. The largest absolute Gasteiger partial charge is 0.378 e. The first-order valence-corrected chi connectivity index (χ1v) is 23.6. The van der Waals surface area contributed by atoms with Crippen molar-refractivity contribution in [1.29, 1.82) is 0 Å². The second kappa shape index (κ2) is 47.4. The molecule has 0 radical (unpaired) electrons. The molecule has 0 spiro atoms. The van der Waals surface area contributed by atoms with Crippen LogP contribution in [-0.2, 0) is 9.47 Å². The Kier molecular flexibility index (Phi) is 46.7. The van der Waals surface area contributed by atoms with Gasteiger partial charge in [-0.05, 0) is 116 Å². The molecule has 0 atom stereocenters. The molecule has 0 saturated heterocycles. The van der Waals surface area contributed by atoms with Gasteiger partial charge in [-0.2, -0.15) is 0 Å². The third kappa shape index (κ3) is 43.8. The first kappa shape index (κ1) is 52.2. The van der Waals surface area contributed by atoms with E-state index >= 15 is 0 Å². The zero-order valence-corrected chi connectivity index (χ0v) is 36.2. The number of rotatable bonds is 46. The maximum absolute atomic E-state index is 5.97. The molecule has 0 aromatic carbocycles. The second-order valence-electron chi connectivity index (χ2n) is 15.7. The molecule has 0 aliphatic rings. The summed E-state index contributed by atoms with van der Waals surface area (Å²) < 4.78 is 11.9. The Morgan fingerprint density at radius 1 is 0.321 bits per heavy atom. The zero-order valence-electron chi connectivity index (χ0n) is 36.2. The Bertz CT molecular complexity index is 719. The lowest BCUT2D eigenvalue weighted by molar-refractivity contribution is 0.0307. The molecule has 53 heavy (non-hydrogen) atoms. The molecule has 6 nitrogen and oxygen atoms in total. The van der Waals surface area contributed by atoms with E-state index in [0.29, 0.717) is 13.2 Å². The van der Waals surface area contributed by atoms with Crippen molar-refractivity contribution in [3.05, 3.63) is 24.3 Å². The maximum Gasteiger partial charge on any atom is 0.0701 e. The smallest absolute Gasteiger partial charge is 0.0701 e. The van der Waals surface area contributed by atoms with E-state index in [1.807, 2.05) is 0 Å². The molecule has 0 amide bonds. The Morgan fingerprint density at radius 3 is 0.925 bits per heavy atom. The van der Waals surface area contributed by atoms with Crippen LogP contribution in [0.2, 0.25) is 0 Å². The molecule has 0 rings (SSSR count). The molecule has 0 heterocycles. The highest BCUT2D eigenvalue weighted by molar-refractivity contribution is 4.82. The van der Waals surface area contributed by atoms with E-state index in [4.69, 9.17) is 20.9 Å². The van der Waals surface area contributed by atoms with Crippen molar-refractivity contribution in [2.75, 3.05) is 78.8 Å². The first-order chi connectivity index (χ1) is 26.3. The van der Waals surface area contributed by atoms with Crippen molar-refractivity contribution >= 4 is 0 Å². The molecule has 0 aliphatic heterocycles. The third-order valence-electron chi connectivity index (χ3n) is 10.6. The van der Waals surface area contributed by atoms with Crippen LogP contribution in [0.25, 0.3) is 0 Å². The van der Waals surface area contributed by atoms with Gasteiger partial charge in [0.25, 0.3) is 0 Å². The summed E-state index contributed by atoms with van der Waals surface area (Å²) in [5.41, 5.74) is 11.7. The quantitative estimate of drug-likeness (QED) is 0.0477. The molecule has 0 bridgehead atoms. The molecular formula is C47H96N4O2. The van der Waals surface area contributed by atoms with Crippen molar-refractivity contribution in [2.45, 2.75) is 200 Å². The highest BCUT2D eigenvalue weighted by Gasteiger charge is 2.06. The number of hydrogen-bond acceptors (Lipinski definition) is 6. The Balaban J connectivity index is 3.79. The predicted octanol–water partition coefficient (Wildman–Crippen LogP) is 12.0. The molecule has 316 valence electrons. The number of nitrogens with zero attached hydrogens (tertiary/aromatic N) is 2. The van der Waals surface area contributed by atoms with Crippen LogP contribution in [0.1, 0.15) is 200 Å². The van der Waals surface area contributed by atoms with Gasteiger partial charge in [0.15, 0.2) is 0 Å². The number of unbranched alkanes of at least 4 members (excludes halogenated alkanes) is 23. The fourth-order valence-corrected chi connectivity index (χ4v) is 7.00. The fraction of sp³-hybridized carbons (Fsp3) is 0.915. The molecule has 0 aliphatic carbocycles. The lowest BCUT2D eigenvalue weighted by atomic mass is 10.1. The van der Waals surface area contributed by atoms with Crippen molar-refractivity contribution in [3.8, 4) is 0 Å². The average molecular weight is 749 g/mol. The number of nitrogens with two attached hydrogens (primary N) is 2. The van der Waals surface area contributed by atoms with Gasteiger partial charge < -0.3 is 30.7 Å². The average Bonchev–Trinajstić information content (AvgIpc) is 3.17. The monoisotopic (exact) mass is 749 g/mol. The van der Waals surface area contributed by atoms with E-state index < -0.39 is 0 Å². The van der Waals surface area contributed by atoms with Gasteiger partial charge in [-0.3, -0.25) is 0 Å². The summed E-state index contributed by atoms with van der Waals surface area (Å²) in [6.07, 6.45) is 48.3. The van der Waals surface area contributed by atoms with Crippen molar-refractivity contribution < 1.29 is 9.47 Å².